The second-order valence-corrected chi connectivity index (χ2v) is 11.2. The quantitative estimate of drug-likeness (QED) is 0.600. The standard InChI is InChI=1S/C23H24Cl2F2N4O2S/c1-13-14(11-31(29-13)19-15(21(28)32)3-2-4-17(19)24)10-30-7-5-22(6-8-30)20-16(9-18(25)34-20)23(26,27)12-33-22/h2-4,9,14H,5-8,10-12H2,1H3,(H2,28,32). The molecule has 0 aliphatic carbocycles. The van der Waals surface area contributed by atoms with Gasteiger partial charge in [-0.3, -0.25) is 9.80 Å². The lowest BCUT2D eigenvalue weighted by atomic mass is 9.84. The van der Waals surface area contributed by atoms with Gasteiger partial charge in [0.05, 0.1) is 27.2 Å². The molecule has 2 N–H and O–H groups in total. The number of anilines is 1. The average Bonchev–Trinajstić information content (AvgIpc) is 3.36. The van der Waals surface area contributed by atoms with Crippen molar-refractivity contribution in [1.29, 1.82) is 0 Å². The summed E-state index contributed by atoms with van der Waals surface area (Å²) in [5, 5.41) is 6.82. The van der Waals surface area contributed by atoms with Crippen LogP contribution in [0.25, 0.3) is 0 Å². The number of piperidine rings is 1. The normalized spacial score (nSPS) is 23.7. The van der Waals surface area contributed by atoms with Crippen molar-refractivity contribution < 1.29 is 18.3 Å². The Morgan fingerprint density at radius 2 is 2.06 bits per heavy atom. The zero-order valence-electron chi connectivity index (χ0n) is 18.5. The highest BCUT2D eigenvalue weighted by Crippen LogP contribution is 2.52. The Balaban J connectivity index is 1.27. The summed E-state index contributed by atoms with van der Waals surface area (Å²) < 4.78 is 34.9. The molecule has 1 spiro atoms. The number of hydrogen-bond donors (Lipinski definition) is 1. The monoisotopic (exact) mass is 528 g/mol. The lowest BCUT2D eigenvalue weighted by Crippen LogP contribution is -2.50. The summed E-state index contributed by atoms with van der Waals surface area (Å²) in [7, 11) is 0. The minimum Gasteiger partial charge on any atom is -0.366 e. The van der Waals surface area contributed by atoms with Crippen LogP contribution in [0, 0.1) is 5.92 Å². The molecule has 0 saturated carbocycles. The smallest absolute Gasteiger partial charge is 0.297 e. The maximum atomic E-state index is 14.4. The number of fused-ring (bicyclic) bond motifs is 2. The second-order valence-electron chi connectivity index (χ2n) is 9.10. The van der Waals surface area contributed by atoms with E-state index in [0.717, 1.165) is 12.3 Å². The van der Waals surface area contributed by atoms with Crippen LogP contribution in [-0.2, 0) is 16.3 Å². The minimum atomic E-state index is -3.01. The van der Waals surface area contributed by atoms with Crippen molar-refractivity contribution in [1.82, 2.24) is 4.90 Å². The van der Waals surface area contributed by atoms with E-state index in [4.69, 9.17) is 33.7 Å². The molecule has 182 valence electrons. The molecule has 1 atom stereocenters. The van der Waals surface area contributed by atoms with E-state index in [2.05, 4.69) is 10.0 Å². The average molecular weight is 529 g/mol. The Morgan fingerprint density at radius 1 is 1.32 bits per heavy atom. The maximum Gasteiger partial charge on any atom is 0.297 e. The highest BCUT2D eigenvalue weighted by Gasteiger charge is 2.51. The van der Waals surface area contributed by atoms with Gasteiger partial charge in [0.2, 0.25) is 0 Å². The number of alkyl halides is 2. The summed E-state index contributed by atoms with van der Waals surface area (Å²) in [4.78, 5) is 14.8. The number of likely N-dealkylation sites (tertiary alicyclic amines) is 1. The van der Waals surface area contributed by atoms with Crippen molar-refractivity contribution in [2.24, 2.45) is 16.8 Å². The van der Waals surface area contributed by atoms with Crippen LogP contribution in [0.5, 0.6) is 0 Å². The van der Waals surface area contributed by atoms with E-state index >= 15 is 0 Å². The van der Waals surface area contributed by atoms with Crippen LogP contribution in [-0.4, -0.2) is 49.3 Å². The van der Waals surface area contributed by atoms with Gasteiger partial charge in [0, 0.05) is 41.7 Å². The molecule has 34 heavy (non-hydrogen) atoms. The van der Waals surface area contributed by atoms with Gasteiger partial charge < -0.3 is 15.4 Å². The molecule has 6 nitrogen and oxygen atoms in total. The number of rotatable bonds is 4. The van der Waals surface area contributed by atoms with Gasteiger partial charge in [-0.2, -0.15) is 13.9 Å². The first-order valence-corrected chi connectivity index (χ1v) is 12.6. The van der Waals surface area contributed by atoms with Crippen molar-refractivity contribution in [2.45, 2.75) is 31.3 Å². The molecule has 0 bridgehead atoms. The molecule has 0 radical (unpaired) electrons. The van der Waals surface area contributed by atoms with Crippen LogP contribution in [0.3, 0.4) is 0 Å². The molecule has 1 aromatic carbocycles. The number of carbonyl (C=O) groups is 1. The van der Waals surface area contributed by atoms with Crippen LogP contribution in [0.4, 0.5) is 14.5 Å². The summed E-state index contributed by atoms with van der Waals surface area (Å²) in [5.74, 6) is -3.43. The molecule has 3 aliphatic heterocycles. The van der Waals surface area contributed by atoms with E-state index in [0.29, 0.717) is 58.0 Å². The number of halogens is 4. The number of hydrogen-bond acceptors (Lipinski definition) is 6. The molecular formula is C23H24Cl2F2N4O2S. The maximum absolute atomic E-state index is 14.4. The number of benzene rings is 1. The molecule has 1 fully saturated rings. The third-order valence-corrected chi connectivity index (χ3v) is 8.71. The van der Waals surface area contributed by atoms with Gasteiger partial charge in [0.15, 0.2) is 0 Å². The summed E-state index contributed by atoms with van der Waals surface area (Å²) >= 11 is 13.7. The van der Waals surface area contributed by atoms with E-state index in [1.54, 1.807) is 23.2 Å². The fourth-order valence-electron chi connectivity index (χ4n) is 5.08. The highest BCUT2D eigenvalue weighted by atomic mass is 35.5. The van der Waals surface area contributed by atoms with E-state index in [1.807, 2.05) is 6.92 Å². The highest BCUT2D eigenvalue weighted by molar-refractivity contribution is 7.16. The molecular weight excluding hydrogens is 505 g/mol. The van der Waals surface area contributed by atoms with Gasteiger partial charge in [-0.25, -0.2) is 0 Å². The first kappa shape index (κ1) is 23.9. The Bertz CT molecular complexity index is 1160. The molecule has 4 heterocycles. The third kappa shape index (κ3) is 4.11. The fourth-order valence-corrected chi connectivity index (χ4v) is 6.84. The fraction of sp³-hybridized carbons (Fsp3) is 0.478. The van der Waals surface area contributed by atoms with Crippen molar-refractivity contribution >= 4 is 51.8 Å². The van der Waals surface area contributed by atoms with Crippen molar-refractivity contribution in [3.8, 4) is 0 Å². The molecule has 1 unspecified atom stereocenters. The largest absolute Gasteiger partial charge is 0.366 e. The van der Waals surface area contributed by atoms with Gasteiger partial charge in [-0.1, -0.05) is 29.3 Å². The number of thiophene rings is 1. The second kappa shape index (κ2) is 8.71. The first-order valence-electron chi connectivity index (χ1n) is 11.0. The number of nitrogens with zero attached hydrogens (tertiary/aromatic N) is 3. The summed E-state index contributed by atoms with van der Waals surface area (Å²) in [6.45, 7) is 4.10. The van der Waals surface area contributed by atoms with E-state index < -0.39 is 24.0 Å². The van der Waals surface area contributed by atoms with Gasteiger partial charge >= 0.3 is 0 Å². The third-order valence-electron chi connectivity index (χ3n) is 6.95. The summed E-state index contributed by atoms with van der Waals surface area (Å²) in [6, 6.07) is 6.43. The predicted octanol–water partition coefficient (Wildman–Crippen LogP) is 5.08. The van der Waals surface area contributed by atoms with E-state index in [9.17, 15) is 13.6 Å². The van der Waals surface area contributed by atoms with Crippen LogP contribution < -0.4 is 10.7 Å². The number of nitrogens with two attached hydrogens (primary N) is 1. The minimum absolute atomic E-state index is 0.0154. The molecule has 11 heteroatoms. The zero-order chi connectivity index (χ0) is 24.3. The first-order chi connectivity index (χ1) is 16.1. The van der Waals surface area contributed by atoms with Crippen LogP contribution in [0.2, 0.25) is 9.36 Å². The SMILES string of the molecule is CC1=NN(c2c(Cl)cccc2C(N)=O)CC1CN1CCC2(CC1)OCC(F)(F)c1cc(Cl)sc12. The van der Waals surface area contributed by atoms with E-state index in [1.165, 1.54) is 17.4 Å². The number of primary amides is 1. The van der Waals surface area contributed by atoms with Gasteiger partial charge in [0.25, 0.3) is 11.8 Å². The molecule has 2 aromatic rings. The summed E-state index contributed by atoms with van der Waals surface area (Å²) in [5.41, 5.74) is 6.65. The Morgan fingerprint density at radius 3 is 2.76 bits per heavy atom. The Labute approximate surface area is 210 Å². The van der Waals surface area contributed by atoms with Crippen LogP contribution in [0.15, 0.2) is 29.4 Å². The lowest BCUT2D eigenvalue weighted by Gasteiger charge is -2.45. The van der Waals surface area contributed by atoms with Gasteiger partial charge in [0.1, 0.15) is 12.2 Å². The van der Waals surface area contributed by atoms with Gasteiger partial charge in [-0.05, 0) is 38.0 Å². The summed E-state index contributed by atoms with van der Waals surface area (Å²) in [6.07, 6.45) is 1.24. The Hall–Kier alpha value is -1.78. The number of ether oxygens (including phenoxy) is 1. The lowest BCUT2D eigenvalue weighted by molar-refractivity contribution is -0.181. The number of amides is 1. The number of carbonyl (C=O) groups excluding carboxylic acids is 1. The van der Waals surface area contributed by atoms with Crippen molar-refractivity contribution in [3.63, 3.8) is 0 Å². The molecule has 1 amide bonds. The van der Waals surface area contributed by atoms with Crippen molar-refractivity contribution in [2.75, 3.05) is 37.8 Å². The Kier molecular flexibility index (Phi) is 6.13. The number of para-hydroxylation sites is 1. The van der Waals surface area contributed by atoms with E-state index in [-0.39, 0.29) is 11.5 Å². The zero-order valence-corrected chi connectivity index (χ0v) is 20.8. The van der Waals surface area contributed by atoms with Crippen LogP contribution in [0.1, 0.15) is 40.6 Å². The molecule has 1 saturated heterocycles. The van der Waals surface area contributed by atoms with Gasteiger partial charge in [-0.15, -0.1) is 11.3 Å². The molecule has 5 rings (SSSR count). The number of hydrazone groups is 1. The van der Waals surface area contributed by atoms with Crippen LogP contribution >= 0.6 is 34.5 Å². The van der Waals surface area contributed by atoms with Crippen molar-refractivity contribution in [3.05, 3.63) is 49.6 Å². The molecule has 3 aliphatic rings. The predicted molar refractivity (Wildman–Crippen MR) is 130 cm³/mol. The molecule has 1 aromatic heterocycles. The topological polar surface area (TPSA) is 71.2 Å².